The van der Waals surface area contributed by atoms with E-state index in [9.17, 15) is 4.79 Å². The molecule has 0 radical (unpaired) electrons. The molecule has 1 amide bonds. The van der Waals surface area contributed by atoms with Crippen LogP contribution < -0.4 is 0 Å². The van der Waals surface area contributed by atoms with Crippen LogP contribution in [0.1, 0.15) is 26.7 Å². The van der Waals surface area contributed by atoms with Gasteiger partial charge >= 0.3 is 0 Å². The zero-order valence-corrected chi connectivity index (χ0v) is 7.95. The Morgan fingerprint density at radius 2 is 2.38 bits per heavy atom. The molecule has 0 atom stereocenters. The summed E-state index contributed by atoms with van der Waals surface area (Å²) in [5.41, 5.74) is 0.919. The molecule has 4 nitrogen and oxygen atoms in total. The molecule has 0 spiro atoms. The number of hydrazone groups is 1. The van der Waals surface area contributed by atoms with E-state index in [0.717, 1.165) is 5.71 Å². The minimum atomic E-state index is 0.0129. The fourth-order valence-corrected chi connectivity index (χ4v) is 1.14. The lowest BCUT2D eigenvalue weighted by atomic mass is 10.1. The Kier molecular flexibility index (Phi) is 3.02. The predicted octanol–water partition coefficient (Wildman–Crippen LogP) is 1.14. The number of hydrogen-bond acceptors (Lipinski definition) is 3. The molecule has 4 heteroatoms. The van der Waals surface area contributed by atoms with E-state index in [0.29, 0.717) is 25.3 Å². The summed E-state index contributed by atoms with van der Waals surface area (Å²) in [7, 11) is 0. The third-order valence-corrected chi connectivity index (χ3v) is 1.97. The SMILES string of the molecule is CC(C)C1=NN(CCC#N)C(=O)C1. The van der Waals surface area contributed by atoms with Crippen LogP contribution in [0.2, 0.25) is 0 Å². The van der Waals surface area contributed by atoms with Crippen molar-refractivity contribution in [2.24, 2.45) is 11.0 Å². The van der Waals surface area contributed by atoms with Crippen LogP contribution in [0.4, 0.5) is 0 Å². The highest BCUT2D eigenvalue weighted by molar-refractivity contribution is 6.05. The lowest BCUT2D eigenvalue weighted by Crippen LogP contribution is -2.21. The van der Waals surface area contributed by atoms with E-state index >= 15 is 0 Å². The van der Waals surface area contributed by atoms with Gasteiger partial charge in [-0.1, -0.05) is 13.8 Å². The van der Waals surface area contributed by atoms with E-state index in [1.54, 1.807) is 0 Å². The Bertz CT molecular complexity index is 275. The maximum Gasteiger partial charge on any atom is 0.248 e. The number of carbonyl (C=O) groups is 1. The van der Waals surface area contributed by atoms with Crippen molar-refractivity contribution in [1.82, 2.24) is 5.01 Å². The molecule has 0 aromatic heterocycles. The molecule has 1 aliphatic rings. The maximum atomic E-state index is 11.3. The van der Waals surface area contributed by atoms with Crippen LogP contribution in [0.5, 0.6) is 0 Å². The van der Waals surface area contributed by atoms with Crippen molar-refractivity contribution in [2.75, 3.05) is 6.54 Å². The van der Waals surface area contributed by atoms with E-state index in [2.05, 4.69) is 5.10 Å². The molecule has 0 unspecified atom stereocenters. The van der Waals surface area contributed by atoms with Crippen LogP contribution in [0.25, 0.3) is 0 Å². The zero-order chi connectivity index (χ0) is 9.84. The first kappa shape index (κ1) is 9.72. The molecule has 0 aromatic rings. The van der Waals surface area contributed by atoms with Crippen LogP contribution in [-0.2, 0) is 4.79 Å². The standard InChI is InChI=1S/C9H13N3O/c1-7(2)8-6-9(13)12(11-8)5-3-4-10/h7H,3,5-6H2,1-2H3. The van der Waals surface area contributed by atoms with Crippen LogP contribution in [-0.4, -0.2) is 23.2 Å². The van der Waals surface area contributed by atoms with Gasteiger partial charge in [0.2, 0.25) is 5.91 Å². The highest BCUT2D eigenvalue weighted by Gasteiger charge is 2.24. The molecular formula is C9H13N3O. The van der Waals surface area contributed by atoms with Crippen molar-refractivity contribution >= 4 is 11.6 Å². The van der Waals surface area contributed by atoms with Crippen LogP contribution in [0, 0.1) is 17.2 Å². The van der Waals surface area contributed by atoms with Crippen molar-refractivity contribution in [2.45, 2.75) is 26.7 Å². The average Bonchev–Trinajstić information content (AvgIpc) is 2.44. The Hall–Kier alpha value is -1.37. The Balaban J connectivity index is 2.57. The van der Waals surface area contributed by atoms with E-state index in [1.807, 2.05) is 19.9 Å². The fraction of sp³-hybridized carbons (Fsp3) is 0.667. The van der Waals surface area contributed by atoms with E-state index < -0.39 is 0 Å². The van der Waals surface area contributed by atoms with Gasteiger partial charge in [0, 0.05) is 0 Å². The van der Waals surface area contributed by atoms with Gasteiger partial charge in [0.05, 0.1) is 31.2 Å². The fourth-order valence-electron chi connectivity index (χ4n) is 1.14. The van der Waals surface area contributed by atoms with Crippen LogP contribution in [0.15, 0.2) is 5.10 Å². The normalized spacial score (nSPS) is 16.3. The topological polar surface area (TPSA) is 56.5 Å². The Morgan fingerprint density at radius 1 is 1.69 bits per heavy atom. The summed E-state index contributed by atoms with van der Waals surface area (Å²) in [4.78, 5) is 11.3. The molecule has 1 heterocycles. The Labute approximate surface area is 77.8 Å². The van der Waals surface area contributed by atoms with Gasteiger partial charge in [-0.15, -0.1) is 0 Å². The molecule has 0 aromatic carbocycles. The summed E-state index contributed by atoms with van der Waals surface area (Å²) in [6.45, 7) is 4.45. The van der Waals surface area contributed by atoms with Crippen molar-refractivity contribution < 1.29 is 4.79 Å². The van der Waals surface area contributed by atoms with Gasteiger partial charge in [-0.05, 0) is 5.92 Å². The molecule has 70 valence electrons. The second-order valence-corrected chi connectivity index (χ2v) is 3.35. The van der Waals surface area contributed by atoms with E-state index in [-0.39, 0.29) is 5.91 Å². The number of rotatable bonds is 3. The van der Waals surface area contributed by atoms with Crippen molar-refractivity contribution in [3.63, 3.8) is 0 Å². The number of carbonyl (C=O) groups excluding carboxylic acids is 1. The minimum Gasteiger partial charge on any atom is -0.273 e. The molecule has 0 fully saturated rings. The van der Waals surface area contributed by atoms with Gasteiger partial charge in [-0.25, -0.2) is 5.01 Å². The smallest absolute Gasteiger partial charge is 0.248 e. The first-order valence-electron chi connectivity index (χ1n) is 4.40. The van der Waals surface area contributed by atoms with Gasteiger partial charge in [0.15, 0.2) is 0 Å². The molecule has 0 bridgehead atoms. The third kappa shape index (κ3) is 2.28. The van der Waals surface area contributed by atoms with Gasteiger partial charge in [0.1, 0.15) is 0 Å². The molecule has 0 aliphatic carbocycles. The molecule has 0 saturated heterocycles. The molecule has 13 heavy (non-hydrogen) atoms. The summed E-state index contributed by atoms with van der Waals surface area (Å²) >= 11 is 0. The first-order valence-corrected chi connectivity index (χ1v) is 4.40. The lowest BCUT2D eigenvalue weighted by Gasteiger charge is -2.07. The Morgan fingerprint density at radius 3 is 2.85 bits per heavy atom. The minimum absolute atomic E-state index is 0.0129. The van der Waals surface area contributed by atoms with Gasteiger partial charge in [-0.3, -0.25) is 4.79 Å². The average molecular weight is 179 g/mol. The quantitative estimate of drug-likeness (QED) is 0.652. The molecule has 0 saturated carbocycles. The van der Waals surface area contributed by atoms with Crippen LogP contribution >= 0.6 is 0 Å². The number of nitrogens with zero attached hydrogens (tertiary/aromatic N) is 3. The van der Waals surface area contributed by atoms with E-state index in [1.165, 1.54) is 5.01 Å². The molecule has 1 aliphatic heterocycles. The predicted molar refractivity (Wildman–Crippen MR) is 48.8 cm³/mol. The van der Waals surface area contributed by atoms with Crippen LogP contribution in [0.3, 0.4) is 0 Å². The van der Waals surface area contributed by atoms with Gasteiger partial charge < -0.3 is 0 Å². The molecular weight excluding hydrogens is 166 g/mol. The third-order valence-electron chi connectivity index (χ3n) is 1.97. The van der Waals surface area contributed by atoms with Crippen molar-refractivity contribution in [1.29, 1.82) is 5.26 Å². The van der Waals surface area contributed by atoms with Crippen molar-refractivity contribution in [3.05, 3.63) is 0 Å². The van der Waals surface area contributed by atoms with Gasteiger partial charge in [0.25, 0.3) is 0 Å². The zero-order valence-electron chi connectivity index (χ0n) is 7.95. The highest BCUT2D eigenvalue weighted by Crippen LogP contribution is 2.13. The largest absolute Gasteiger partial charge is 0.273 e. The summed E-state index contributed by atoms with van der Waals surface area (Å²) in [6, 6.07) is 2.00. The van der Waals surface area contributed by atoms with E-state index in [4.69, 9.17) is 5.26 Å². The second-order valence-electron chi connectivity index (χ2n) is 3.35. The highest BCUT2D eigenvalue weighted by atomic mass is 16.2. The van der Waals surface area contributed by atoms with Gasteiger partial charge in [-0.2, -0.15) is 10.4 Å². The second kappa shape index (κ2) is 4.04. The number of amides is 1. The maximum absolute atomic E-state index is 11.3. The molecule has 1 rings (SSSR count). The van der Waals surface area contributed by atoms with Crippen molar-refractivity contribution in [3.8, 4) is 6.07 Å². The first-order chi connectivity index (χ1) is 6.15. The number of nitriles is 1. The number of hydrogen-bond donors (Lipinski definition) is 0. The summed E-state index contributed by atoms with van der Waals surface area (Å²) in [6.07, 6.45) is 0.768. The summed E-state index contributed by atoms with van der Waals surface area (Å²) in [5, 5.41) is 13.9. The monoisotopic (exact) mass is 179 g/mol. The summed E-state index contributed by atoms with van der Waals surface area (Å²) < 4.78 is 0. The molecule has 0 N–H and O–H groups in total. The summed E-state index contributed by atoms with van der Waals surface area (Å²) in [5.74, 6) is 0.329. The lowest BCUT2D eigenvalue weighted by molar-refractivity contribution is -0.128.